The van der Waals surface area contributed by atoms with Crippen LogP contribution < -0.4 is 5.30 Å². The quantitative estimate of drug-likeness (QED) is 0.134. The van der Waals surface area contributed by atoms with Crippen LogP contribution in [0.15, 0.2) is 24.3 Å². The third-order valence-electron chi connectivity index (χ3n) is 7.21. The van der Waals surface area contributed by atoms with Gasteiger partial charge in [-0.3, -0.25) is 0 Å². The van der Waals surface area contributed by atoms with Gasteiger partial charge in [0.05, 0.1) is 25.7 Å². The summed E-state index contributed by atoms with van der Waals surface area (Å²) >= 11 is 0. The molecule has 2 heteroatoms. The number of phenolic OH excluding ortho intramolecular Hbond substituents is 1. The Morgan fingerprint density at radius 1 is 0.500 bits per heavy atom. The lowest BCUT2D eigenvalue weighted by molar-refractivity contribution is 0.479. The number of para-hydroxylation sites is 1. The van der Waals surface area contributed by atoms with E-state index in [4.69, 9.17) is 0 Å². The van der Waals surface area contributed by atoms with Gasteiger partial charge in [-0.05, 0) is 50.7 Å². The summed E-state index contributed by atoms with van der Waals surface area (Å²) in [5, 5.41) is 12.2. The molecule has 0 fully saturated rings. The third-order valence-corrected chi connectivity index (χ3v) is 12.1. The molecule has 0 saturated heterocycles. The van der Waals surface area contributed by atoms with E-state index in [9.17, 15) is 5.11 Å². The fraction of sp³-hybridized carbons (Fsp3) is 0.800. The Labute approximate surface area is 202 Å². The monoisotopic (exact) mass is 463 g/mol. The maximum absolute atomic E-state index is 10.9. The predicted octanol–water partition coefficient (Wildman–Crippen LogP) is 10.1. The van der Waals surface area contributed by atoms with Gasteiger partial charge < -0.3 is 5.11 Å². The lowest BCUT2D eigenvalue weighted by Gasteiger charge is -2.29. The minimum atomic E-state index is -1.30. The van der Waals surface area contributed by atoms with Gasteiger partial charge in [0, 0.05) is 0 Å². The zero-order chi connectivity index (χ0) is 23.3. The molecule has 0 aromatic heterocycles. The largest absolute Gasteiger partial charge is 0.504 e. The SMILES string of the molecule is CCCCCCCC[P+](CCCCCCCC)(CCCCCCCC)c1ccccc1O. The summed E-state index contributed by atoms with van der Waals surface area (Å²) in [6, 6.07) is 8.42. The number of rotatable bonds is 22. The molecule has 0 aliphatic heterocycles. The van der Waals surface area contributed by atoms with Crippen LogP contribution in [0.4, 0.5) is 0 Å². The Morgan fingerprint density at radius 2 is 0.844 bits per heavy atom. The lowest BCUT2D eigenvalue weighted by Crippen LogP contribution is -2.21. The fourth-order valence-corrected chi connectivity index (χ4v) is 9.99. The molecule has 0 unspecified atom stereocenters. The molecule has 0 aliphatic carbocycles. The van der Waals surface area contributed by atoms with Crippen molar-refractivity contribution in [1.29, 1.82) is 0 Å². The van der Waals surface area contributed by atoms with Crippen molar-refractivity contribution in [2.45, 2.75) is 136 Å². The van der Waals surface area contributed by atoms with Crippen molar-refractivity contribution in [2.24, 2.45) is 0 Å². The summed E-state index contributed by atoms with van der Waals surface area (Å²) in [7, 11) is -1.30. The van der Waals surface area contributed by atoms with Crippen molar-refractivity contribution < 1.29 is 5.11 Å². The molecule has 1 nitrogen and oxygen atoms in total. The maximum atomic E-state index is 10.9. The molecule has 0 atom stereocenters. The normalized spacial score (nSPS) is 11.8. The Hall–Kier alpha value is -0.550. The Bertz CT molecular complexity index is 501. The molecule has 0 saturated carbocycles. The van der Waals surface area contributed by atoms with E-state index >= 15 is 0 Å². The second kappa shape index (κ2) is 19.9. The van der Waals surface area contributed by atoms with Crippen molar-refractivity contribution in [1.82, 2.24) is 0 Å². The molecule has 0 heterocycles. The molecule has 0 aliphatic rings. The minimum absolute atomic E-state index is 0.587. The second-order valence-corrected chi connectivity index (χ2v) is 14.2. The first-order valence-electron chi connectivity index (χ1n) is 14.3. The topological polar surface area (TPSA) is 20.2 Å². The molecule has 0 bridgehead atoms. The fourth-order valence-electron chi connectivity index (χ4n) is 5.15. The number of unbranched alkanes of at least 4 members (excludes halogenated alkanes) is 15. The average Bonchev–Trinajstić information content (AvgIpc) is 2.80. The molecular weight excluding hydrogens is 407 g/mol. The summed E-state index contributed by atoms with van der Waals surface area (Å²) in [6.45, 7) is 6.90. The number of aromatic hydroxyl groups is 1. The molecule has 0 amide bonds. The van der Waals surface area contributed by atoms with Gasteiger partial charge in [0.2, 0.25) is 0 Å². The molecule has 0 spiro atoms. The zero-order valence-electron chi connectivity index (χ0n) is 22.1. The molecule has 186 valence electrons. The Kier molecular flexibility index (Phi) is 18.3. The smallest absolute Gasteiger partial charge is 0.157 e. The van der Waals surface area contributed by atoms with Gasteiger partial charge >= 0.3 is 0 Å². The molecular formula is C30H56OP+. The van der Waals surface area contributed by atoms with E-state index < -0.39 is 7.26 Å². The van der Waals surface area contributed by atoms with Crippen LogP contribution in [0.5, 0.6) is 5.75 Å². The van der Waals surface area contributed by atoms with Crippen LogP contribution in [-0.2, 0) is 0 Å². The van der Waals surface area contributed by atoms with Crippen molar-refractivity contribution in [3.63, 3.8) is 0 Å². The van der Waals surface area contributed by atoms with E-state index in [1.165, 1.54) is 139 Å². The first-order chi connectivity index (χ1) is 15.7. The van der Waals surface area contributed by atoms with Crippen molar-refractivity contribution in [3.8, 4) is 5.75 Å². The van der Waals surface area contributed by atoms with Crippen LogP contribution >= 0.6 is 7.26 Å². The molecule has 1 N–H and O–H groups in total. The van der Waals surface area contributed by atoms with Gasteiger partial charge in [-0.1, -0.05) is 110 Å². The van der Waals surface area contributed by atoms with Crippen LogP contribution in [0, 0.1) is 0 Å². The third kappa shape index (κ3) is 12.6. The van der Waals surface area contributed by atoms with Gasteiger partial charge in [-0.25, -0.2) is 0 Å². The number of phenols is 1. The van der Waals surface area contributed by atoms with E-state index in [1.54, 1.807) is 0 Å². The van der Waals surface area contributed by atoms with Crippen LogP contribution in [0.25, 0.3) is 0 Å². The highest BCUT2D eigenvalue weighted by Crippen LogP contribution is 2.61. The van der Waals surface area contributed by atoms with Gasteiger partial charge in [-0.15, -0.1) is 0 Å². The van der Waals surface area contributed by atoms with E-state index in [0.29, 0.717) is 5.75 Å². The van der Waals surface area contributed by atoms with E-state index in [2.05, 4.69) is 32.9 Å². The Morgan fingerprint density at radius 3 is 1.22 bits per heavy atom. The first-order valence-corrected chi connectivity index (χ1v) is 16.7. The van der Waals surface area contributed by atoms with Crippen LogP contribution in [0.3, 0.4) is 0 Å². The van der Waals surface area contributed by atoms with Crippen LogP contribution in [-0.4, -0.2) is 23.6 Å². The van der Waals surface area contributed by atoms with E-state index in [-0.39, 0.29) is 0 Å². The standard InChI is InChI=1S/C30H55OP/c1-4-7-10-13-16-21-26-32(27-22-17-14-11-8-5-2,28-23-18-15-12-9-6-3)30-25-20-19-24-29(30)31/h19-20,24-25H,4-18,21-23,26-28H2,1-3H3/p+1. The van der Waals surface area contributed by atoms with Gasteiger partial charge in [0.1, 0.15) is 5.30 Å². The van der Waals surface area contributed by atoms with Gasteiger partial charge in [0.25, 0.3) is 0 Å². The first kappa shape index (κ1) is 29.5. The highest BCUT2D eigenvalue weighted by Gasteiger charge is 2.40. The van der Waals surface area contributed by atoms with Gasteiger partial charge in [0.15, 0.2) is 5.75 Å². The summed E-state index contributed by atoms with van der Waals surface area (Å²) < 4.78 is 0. The molecule has 1 aromatic rings. The van der Waals surface area contributed by atoms with Crippen molar-refractivity contribution in [3.05, 3.63) is 24.3 Å². The molecule has 0 radical (unpaired) electrons. The minimum Gasteiger partial charge on any atom is -0.504 e. The van der Waals surface area contributed by atoms with E-state index in [0.717, 1.165) is 0 Å². The summed E-state index contributed by atoms with van der Waals surface area (Å²) in [6.07, 6.45) is 28.8. The maximum Gasteiger partial charge on any atom is 0.157 e. The van der Waals surface area contributed by atoms with Crippen molar-refractivity contribution >= 4 is 12.6 Å². The summed E-state index contributed by atoms with van der Waals surface area (Å²) in [5.74, 6) is 0.587. The lowest BCUT2D eigenvalue weighted by atomic mass is 10.1. The Balaban J connectivity index is 2.82. The molecule has 1 aromatic carbocycles. The average molecular weight is 464 g/mol. The number of benzene rings is 1. The summed E-state index contributed by atoms with van der Waals surface area (Å²) in [5.41, 5.74) is 0. The van der Waals surface area contributed by atoms with Gasteiger partial charge in [-0.2, -0.15) is 0 Å². The van der Waals surface area contributed by atoms with E-state index in [1.807, 2.05) is 12.1 Å². The zero-order valence-corrected chi connectivity index (χ0v) is 22.9. The number of hydrogen-bond donors (Lipinski definition) is 1. The summed E-state index contributed by atoms with van der Waals surface area (Å²) in [4.78, 5) is 0. The van der Waals surface area contributed by atoms with Crippen LogP contribution in [0.1, 0.15) is 136 Å². The predicted molar refractivity (Wildman–Crippen MR) is 149 cm³/mol. The number of hydrogen-bond acceptors (Lipinski definition) is 1. The molecule has 1 rings (SSSR count). The highest BCUT2D eigenvalue weighted by molar-refractivity contribution is 7.83. The molecule has 32 heavy (non-hydrogen) atoms. The van der Waals surface area contributed by atoms with Crippen LogP contribution in [0.2, 0.25) is 0 Å². The second-order valence-electron chi connectivity index (χ2n) is 10.1. The highest BCUT2D eigenvalue weighted by atomic mass is 31.2. The van der Waals surface area contributed by atoms with Crippen molar-refractivity contribution in [2.75, 3.05) is 18.5 Å².